The average molecular weight is 411 g/mol. The number of ether oxygens (including phenoxy) is 2. The summed E-state index contributed by atoms with van der Waals surface area (Å²) in [5.41, 5.74) is 0. The van der Waals surface area contributed by atoms with E-state index in [0.29, 0.717) is 76.9 Å². The molecule has 3 amide bonds. The number of hydrogen-bond donors (Lipinski definition) is 1. The number of carbonyl (C=O) groups excluding carboxylic acids is 4. The predicted molar refractivity (Wildman–Crippen MR) is 106 cm³/mol. The second-order valence-corrected chi connectivity index (χ2v) is 7.89. The lowest BCUT2D eigenvalue weighted by atomic mass is 9.79. The van der Waals surface area contributed by atoms with E-state index in [-0.39, 0.29) is 23.6 Å². The average Bonchev–Trinajstić information content (AvgIpc) is 3.01. The van der Waals surface area contributed by atoms with Crippen LogP contribution in [0.15, 0.2) is 0 Å². The Kier molecular flexibility index (Phi) is 10.3. The third kappa shape index (κ3) is 8.62. The Morgan fingerprint density at radius 2 is 1.59 bits per heavy atom. The summed E-state index contributed by atoms with van der Waals surface area (Å²) in [4.78, 5) is 47.9. The monoisotopic (exact) mass is 410 g/mol. The maximum absolute atomic E-state index is 12.4. The van der Waals surface area contributed by atoms with Gasteiger partial charge in [0.2, 0.25) is 17.7 Å². The molecule has 0 unspecified atom stereocenters. The van der Waals surface area contributed by atoms with Crippen molar-refractivity contribution >= 4 is 23.5 Å². The first-order chi connectivity index (χ1) is 14.0. The number of imide groups is 1. The molecule has 29 heavy (non-hydrogen) atoms. The van der Waals surface area contributed by atoms with E-state index in [1.54, 1.807) is 0 Å². The first-order valence-corrected chi connectivity index (χ1v) is 10.7. The molecule has 1 aliphatic carbocycles. The molecule has 0 aromatic heterocycles. The van der Waals surface area contributed by atoms with Crippen LogP contribution in [0.4, 0.5) is 0 Å². The van der Waals surface area contributed by atoms with Crippen LogP contribution in [0.2, 0.25) is 0 Å². The highest BCUT2D eigenvalue weighted by molar-refractivity contribution is 6.01. The minimum absolute atomic E-state index is 0.0497. The highest BCUT2D eigenvalue weighted by Gasteiger charge is 2.33. The Hall–Kier alpha value is -1.80. The van der Waals surface area contributed by atoms with Crippen LogP contribution in [0.1, 0.15) is 58.3 Å². The lowest BCUT2D eigenvalue weighted by Crippen LogP contribution is -2.36. The quantitative estimate of drug-likeness (QED) is 0.364. The van der Waals surface area contributed by atoms with Crippen LogP contribution >= 0.6 is 0 Å². The summed E-state index contributed by atoms with van der Waals surface area (Å²) in [7, 11) is 0. The zero-order chi connectivity index (χ0) is 21.1. The molecule has 0 radical (unpaired) electrons. The number of hydrogen-bond acceptors (Lipinski definition) is 6. The summed E-state index contributed by atoms with van der Waals surface area (Å²) in [6.45, 7) is 4.44. The van der Waals surface area contributed by atoms with Gasteiger partial charge in [-0.2, -0.15) is 0 Å². The summed E-state index contributed by atoms with van der Waals surface area (Å²) < 4.78 is 10.8. The van der Waals surface area contributed by atoms with Crippen LogP contribution in [0, 0.1) is 11.8 Å². The number of nitrogens with one attached hydrogen (secondary N) is 1. The summed E-state index contributed by atoms with van der Waals surface area (Å²) in [6, 6.07) is 0. The highest BCUT2D eigenvalue weighted by Crippen LogP contribution is 2.31. The fraction of sp³-hybridized carbons (Fsp3) is 0.810. The second kappa shape index (κ2) is 12.7. The van der Waals surface area contributed by atoms with Crippen LogP contribution in [0.25, 0.3) is 0 Å². The van der Waals surface area contributed by atoms with Gasteiger partial charge in [-0.3, -0.25) is 24.1 Å². The van der Waals surface area contributed by atoms with E-state index >= 15 is 0 Å². The number of carbonyl (C=O) groups is 4. The largest absolute Gasteiger partial charge is 0.379 e. The zero-order valence-electron chi connectivity index (χ0n) is 17.5. The molecular weight excluding hydrogens is 376 g/mol. The molecule has 0 atom stereocenters. The number of likely N-dealkylation sites (tertiary alicyclic amines) is 1. The van der Waals surface area contributed by atoms with Gasteiger partial charge in [-0.05, 0) is 38.0 Å². The maximum atomic E-state index is 12.4. The molecule has 1 N–H and O–H groups in total. The number of Topliss-reactive ketones (excluding diaryl/α,β-unsaturated/α-hetero) is 1. The molecule has 1 saturated carbocycles. The molecule has 0 aromatic rings. The number of nitrogens with zero attached hydrogens (tertiary/aromatic N) is 1. The Morgan fingerprint density at radius 1 is 0.966 bits per heavy atom. The van der Waals surface area contributed by atoms with Crippen molar-refractivity contribution in [2.24, 2.45) is 11.8 Å². The molecule has 1 saturated heterocycles. The molecule has 1 heterocycles. The van der Waals surface area contributed by atoms with Gasteiger partial charge in [-0.25, -0.2) is 0 Å². The van der Waals surface area contributed by atoms with Crippen molar-refractivity contribution < 1.29 is 28.7 Å². The third-order valence-corrected chi connectivity index (χ3v) is 5.60. The van der Waals surface area contributed by atoms with Gasteiger partial charge >= 0.3 is 0 Å². The van der Waals surface area contributed by atoms with Crippen LogP contribution in [-0.2, 0) is 28.7 Å². The van der Waals surface area contributed by atoms with Gasteiger partial charge in [0.15, 0.2) is 0 Å². The van der Waals surface area contributed by atoms with Crippen LogP contribution in [0.5, 0.6) is 0 Å². The number of ketones is 1. The van der Waals surface area contributed by atoms with Crippen molar-refractivity contribution in [1.29, 1.82) is 0 Å². The summed E-state index contributed by atoms with van der Waals surface area (Å²) in [5.74, 6) is 0.566. The van der Waals surface area contributed by atoms with Crippen molar-refractivity contribution in [2.75, 3.05) is 39.5 Å². The third-order valence-electron chi connectivity index (χ3n) is 5.60. The Morgan fingerprint density at radius 3 is 2.21 bits per heavy atom. The summed E-state index contributed by atoms with van der Waals surface area (Å²) in [6.07, 6.45) is 5.43. The van der Waals surface area contributed by atoms with Gasteiger partial charge < -0.3 is 14.8 Å². The van der Waals surface area contributed by atoms with E-state index in [2.05, 4.69) is 5.32 Å². The first kappa shape index (κ1) is 23.5. The van der Waals surface area contributed by atoms with Gasteiger partial charge in [0.1, 0.15) is 5.78 Å². The molecule has 0 bridgehead atoms. The van der Waals surface area contributed by atoms with Gasteiger partial charge in [0.25, 0.3) is 0 Å². The SMILES string of the molecule is CC(=O)NCCOCCOCCCC(=O)C1CCC(CN2C(=O)CCC2=O)CC1. The first-order valence-electron chi connectivity index (χ1n) is 10.7. The molecule has 8 heteroatoms. The Bertz CT molecular complexity index is 556. The van der Waals surface area contributed by atoms with Crippen LogP contribution in [0.3, 0.4) is 0 Å². The lowest BCUT2D eigenvalue weighted by Gasteiger charge is -2.30. The van der Waals surface area contributed by atoms with E-state index in [1.807, 2.05) is 0 Å². The second-order valence-electron chi connectivity index (χ2n) is 7.89. The molecule has 0 aromatic carbocycles. The topological polar surface area (TPSA) is 102 Å². The molecule has 2 rings (SSSR count). The molecule has 0 spiro atoms. The summed E-state index contributed by atoms with van der Waals surface area (Å²) >= 11 is 0. The molecule has 1 aliphatic heterocycles. The van der Waals surface area contributed by atoms with Crippen molar-refractivity contribution in [1.82, 2.24) is 10.2 Å². The van der Waals surface area contributed by atoms with Crippen molar-refractivity contribution in [2.45, 2.75) is 58.3 Å². The van der Waals surface area contributed by atoms with Crippen LogP contribution < -0.4 is 5.32 Å². The van der Waals surface area contributed by atoms with E-state index in [0.717, 1.165) is 25.7 Å². The van der Waals surface area contributed by atoms with Crippen molar-refractivity contribution in [3.05, 3.63) is 0 Å². The predicted octanol–water partition coefficient (Wildman–Crippen LogP) is 1.46. The van der Waals surface area contributed by atoms with E-state index in [1.165, 1.54) is 11.8 Å². The Labute approximate surface area is 172 Å². The fourth-order valence-corrected chi connectivity index (χ4v) is 3.93. The molecular formula is C21H34N2O6. The van der Waals surface area contributed by atoms with E-state index < -0.39 is 0 Å². The van der Waals surface area contributed by atoms with Crippen molar-refractivity contribution in [3.8, 4) is 0 Å². The minimum atomic E-state index is -0.0696. The molecule has 164 valence electrons. The van der Waals surface area contributed by atoms with Crippen molar-refractivity contribution in [3.63, 3.8) is 0 Å². The van der Waals surface area contributed by atoms with E-state index in [9.17, 15) is 19.2 Å². The van der Waals surface area contributed by atoms with E-state index in [4.69, 9.17) is 9.47 Å². The van der Waals surface area contributed by atoms with Gasteiger partial charge in [-0.1, -0.05) is 0 Å². The lowest BCUT2D eigenvalue weighted by molar-refractivity contribution is -0.139. The minimum Gasteiger partial charge on any atom is -0.379 e. The van der Waals surface area contributed by atoms with Gasteiger partial charge in [-0.15, -0.1) is 0 Å². The number of rotatable bonds is 13. The smallest absolute Gasteiger partial charge is 0.229 e. The molecule has 8 nitrogen and oxygen atoms in total. The summed E-state index contributed by atoms with van der Waals surface area (Å²) in [5, 5.41) is 2.65. The molecule has 2 fully saturated rings. The number of amides is 3. The molecule has 2 aliphatic rings. The normalized spacial score (nSPS) is 22.2. The van der Waals surface area contributed by atoms with Crippen LogP contribution in [-0.4, -0.2) is 67.9 Å². The standard InChI is InChI=1S/C21H34N2O6/c1-16(24)22-10-12-29-14-13-28-11-2-3-19(25)18-6-4-17(5-7-18)15-23-20(26)8-9-21(23)27/h17-18H,2-15H2,1H3,(H,22,24). The zero-order valence-corrected chi connectivity index (χ0v) is 17.5. The fourth-order valence-electron chi connectivity index (χ4n) is 3.93. The maximum Gasteiger partial charge on any atom is 0.229 e. The Balaban J connectivity index is 1.47. The van der Waals surface area contributed by atoms with Gasteiger partial charge in [0, 0.05) is 51.8 Å². The highest BCUT2D eigenvalue weighted by atomic mass is 16.5. The van der Waals surface area contributed by atoms with Gasteiger partial charge in [0.05, 0.1) is 19.8 Å².